The molecule has 0 unspecified atom stereocenters. The number of rotatable bonds is 2. The molecule has 4 heterocycles. The third-order valence-corrected chi connectivity index (χ3v) is 4.77. The molecule has 0 saturated carbocycles. The third-order valence-electron chi connectivity index (χ3n) is 4.77. The lowest BCUT2D eigenvalue weighted by Crippen LogP contribution is -2.45. The topological polar surface area (TPSA) is 81.4 Å². The lowest BCUT2D eigenvalue weighted by Gasteiger charge is -2.33. The summed E-state index contributed by atoms with van der Waals surface area (Å²) in [4.78, 5) is 23.1. The summed E-state index contributed by atoms with van der Waals surface area (Å²) in [7, 11) is 0. The standard InChI is InChI=1S/C17H20N4O3/c1-10-4-3-5-13(18-10)17(22)21-7-6-12-8-14(23-15(12)9-21)16-19-11(2)20-24-16/h3-5,12,14-15H,6-9H2,1-2H3/t12-,14+,15+/m0/s1. The second-order valence-electron chi connectivity index (χ2n) is 6.54. The summed E-state index contributed by atoms with van der Waals surface area (Å²) in [5, 5.41) is 3.83. The molecule has 0 aromatic carbocycles. The van der Waals surface area contributed by atoms with Crippen molar-refractivity contribution in [2.75, 3.05) is 13.1 Å². The summed E-state index contributed by atoms with van der Waals surface area (Å²) in [6, 6.07) is 5.52. The fourth-order valence-corrected chi connectivity index (χ4v) is 3.54. The van der Waals surface area contributed by atoms with Gasteiger partial charge in [-0.3, -0.25) is 4.79 Å². The maximum atomic E-state index is 12.7. The van der Waals surface area contributed by atoms with Crippen LogP contribution in [0.15, 0.2) is 22.7 Å². The van der Waals surface area contributed by atoms with Crippen molar-refractivity contribution in [3.05, 3.63) is 41.3 Å². The van der Waals surface area contributed by atoms with E-state index >= 15 is 0 Å². The van der Waals surface area contributed by atoms with E-state index in [-0.39, 0.29) is 18.1 Å². The van der Waals surface area contributed by atoms with Gasteiger partial charge in [-0.25, -0.2) is 4.98 Å². The number of aryl methyl sites for hydroxylation is 2. The number of hydrogen-bond acceptors (Lipinski definition) is 6. The Hall–Kier alpha value is -2.28. The second-order valence-corrected chi connectivity index (χ2v) is 6.54. The van der Waals surface area contributed by atoms with Crippen LogP contribution in [-0.4, -0.2) is 45.1 Å². The number of fused-ring (bicyclic) bond motifs is 1. The number of aromatic nitrogens is 3. The van der Waals surface area contributed by atoms with Crippen LogP contribution in [-0.2, 0) is 4.74 Å². The minimum atomic E-state index is -0.159. The number of pyridine rings is 1. The van der Waals surface area contributed by atoms with Gasteiger partial charge in [-0.2, -0.15) is 4.98 Å². The summed E-state index contributed by atoms with van der Waals surface area (Å²) in [5.41, 5.74) is 1.34. The van der Waals surface area contributed by atoms with Crippen molar-refractivity contribution in [2.45, 2.75) is 38.9 Å². The minimum absolute atomic E-state index is 0.0183. The maximum Gasteiger partial charge on any atom is 0.272 e. The molecule has 0 bridgehead atoms. The Morgan fingerprint density at radius 3 is 2.92 bits per heavy atom. The van der Waals surface area contributed by atoms with Gasteiger partial charge in [-0.05, 0) is 44.7 Å². The van der Waals surface area contributed by atoms with E-state index in [0.717, 1.165) is 25.1 Å². The van der Waals surface area contributed by atoms with Gasteiger partial charge in [-0.15, -0.1) is 0 Å². The van der Waals surface area contributed by atoms with E-state index < -0.39 is 0 Å². The Labute approximate surface area is 140 Å². The highest BCUT2D eigenvalue weighted by molar-refractivity contribution is 5.92. The number of hydrogen-bond donors (Lipinski definition) is 0. The lowest BCUT2D eigenvalue weighted by molar-refractivity contribution is -0.0138. The minimum Gasteiger partial charge on any atom is -0.363 e. The molecule has 0 N–H and O–H groups in total. The van der Waals surface area contributed by atoms with E-state index in [0.29, 0.717) is 29.9 Å². The van der Waals surface area contributed by atoms with E-state index in [2.05, 4.69) is 15.1 Å². The fraction of sp³-hybridized carbons (Fsp3) is 0.529. The Morgan fingerprint density at radius 1 is 1.29 bits per heavy atom. The van der Waals surface area contributed by atoms with E-state index in [9.17, 15) is 4.79 Å². The zero-order valence-corrected chi connectivity index (χ0v) is 13.8. The van der Waals surface area contributed by atoms with E-state index in [4.69, 9.17) is 9.26 Å². The number of nitrogens with zero attached hydrogens (tertiary/aromatic N) is 4. The molecule has 2 aromatic heterocycles. The molecule has 2 aromatic rings. The van der Waals surface area contributed by atoms with E-state index in [1.54, 1.807) is 13.0 Å². The first-order valence-electron chi connectivity index (χ1n) is 8.29. The van der Waals surface area contributed by atoms with Crippen molar-refractivity contribution in [1.82, 2.24) is 20.0 Å². The monoisotopic (exact) mass is 328 g/mol. The van der Waals surface area contributed by atoms with Crippen molar-refractivity contribution in [1.29, 1.82) is 0 Å². The molecule has 4 rings (SSSR count). The van der Waals surface area contributed by atoms with Crippen LogP contribution in [0.1, 0.15) is 46.8 Å². The average Bonchev–Trinajstić information content (AvgIpc) is 3.19. The third kappa shape index (κ3) is 2.80. The maximum absolute atomic E-state index is 12.7. The fourth-order valence-electron chi connectivity index (χ4n) is 3.54. The van der Waals surface area contributed by atoms with Crippen LogP contribution in [0.5, 0.6) is 0 Å². The Bertz CT molecular complexity index is 760. The Kier molecular flexibility index (Phi) is 3.80. The van der Waals surface area contributed by atoms with Gasteiger partial charge in [0.15, 0.2) is 5.82 Å². The molecular weight excluding hydrogens is 308 g/mol. The molecule has 2 aliphatic heterocycles. The molecule has 0 spiro atoms. The van der Waals surface area contributed by atoms with Gasteiger partial charge in [0.1, 0.15) is 11.8 Å². The van der Waals surface area contributed by atoms with Gasteiger partial charge >= 0.3 is 0 Å². The molecule has 7 nitrogen and oxygen atoms in total. The molecule has 2 fully saturated rings. The number of piperidine rings is 1. The summed E-state index contributed by atoms with van der Waals surface area (Å²) in [6.45, 7) is 5.00. The first-order chi connectivity index (χ1) is 11.6. The van der Waals surface area contributed by atoms with Crippen molar-refractivity contribution >= 4 is 5.91 Å². The summed E-state index contributed by atoms with van der Waals surface area (Å²) in [6.07, 6.45) is 1.65. The summed E-state index contributed by atoms with van der Waals surface area (Å²) >= 11 is 0. The van der Waals surface area contributed by atoms with Crippen molar-refractivity contribution in [3.8, 4) is 0 Å². The number of amides is 1. The summed E-state index contributed by atoms with van der Waals surface area (Å²) < 4.78 is 11.3. The molecule has 0 aliphatic carbocycles. The molecule has 7 heteroatoms. The quantitative estimate of drug-likeness (QED) is 0.839. The first kappa shape index (κ1) is 15.3. The number of ether oxygens (including phenoxy) is 1. The molecular formula is C17H20N4O3. The van der Waals surface area contributed by atoms with Crippen molar-refractivity contribution in [3.63, 3.8) is 0 Å². The molecule has 1 amide bonds. The molecule has 24 heavy (non-hydrogen) atoms. The van der Waals surface area contributed by atoms with Crippen molar-refractivity contribution in [2.24, 2.45) is 5.92 Å². The highest BCUT2D eigenvalue weighted by Gasteiger charge is 2.42. The number of likely N-dealkylation sites (tertiary alicyclic amines) is 1. The number of carbonyl (C=O) groups excluding carboxylic acids is 1. The molecule has 0 radical (unpaired) electrons. The predicted molar refractivity (Wildman–Crippen MR) is 84.3 cm³/mol. The van der Waals surface area contributed by atoms with E-state index in [1.807, 2.05) is 24.0 Å². The van der Waals surface area contributed by atoms with Crippen LogP contribution >= 0.6 is 0 Å². The lowest BCUT2D eigenvalue weighted by atomic mass is 9.91. The Balaban J connectivity index is 1.45. The molecule has 2 saturated heterocycles. The molecule has 2 aliphatic rings. The average molecular weight is 328 g/mol. The van der Waals surface area contributed by atoms with Gasteiger partial charge in [0, 0.05) is 18.8 Å². The van der Waals surface area contributed by atoms with Gasteiger partial charge in [-0.1, -0.05) is 11.2 Å². The SMILES string of the molecule is Cc1cccc(C(=O)N2CC[C@H]3C[C@H](c4nc(C)no4)O[C@@H]3C2)n1. The molecule has 126 valence electrons. The van der Waals surface area contributed by atoms with Crippen LogP contribution in [0.3, 0.4) is 0 Å². The highest BCUT2D eigenvalue weighted by atomic mass is 16.5. The first-order valence-corrected chi connectivity index (χ1v) is 8.29. The van der Waals surface area contributed by atoms with Gasteiger partial charge < -0.3 is 14.2 Å². The van der Waals surface area contributed by atoms with Crippen LogP contribution in [0.4, 0.5) is 0 Å². The van der Waals surface area contributed by atoms with Gasteiger partial charge in [0.05, 0.1) is 6.10 Å². The van der Waals surface area contributed by atoms with Crippen LogP contribution < -0.4 is 0 Å². The van der Waals surface area contributed by atoms with Crippen LogP contribution in [0.2, 0.25) is 0 Å². The van der Waals surface area contributed by atoms with Gasteiger partial charge in [0.25, 0.3) is 11.8 Å². The highest BCUT2D eigenvalue weighted by Crippen LogP contribution is 2.40. The normalized spacial score (nSPS) is 26.4. The zero-order valence-electron chi connectivity index (χ0n) is 13.8. The summed E-state index contributed by atoms with van der Waals surface area (Å²) in [5.74, 6) is 1.56. The van der Waals surface area contributed by atoms with Gasteiger partial charge in [0.2, 0.25) is 0 Å². The second kappa shape index (κ2) is 5.98. The largest absolute Gasteiger partial charge is 0.363 e. The predicted octanol–water partition coefficient (Wildman–Crippen LogP) is 2.07. The molecule has 3 atom stereocenters. The van der Waals surface area contributed by atoms with E-state index in [1.165, 1.54) is 0 Å². The smallest absolute Gasteiger partial charge is 0.272 e. The zero-order chi connectivity index (χ0) is 16.7. The Morgan fingerprint density at radius 2 is 2.17 bits per heavy atom. The van der Waals surface area contributed by atoms with Crippen molar-refractivity contribution < 1.29 is 14.1 Å². The van der Waals surface area contributed by atoms with Crippen LogP contribution in [0, 0.1) is 19.8 Å². The van der Waals surface area contributed by atoms with Crippen LogP contribution in [0.25, 0.3) is 0 Å². The number of carbonyl (C=O) groups is 1.